The number of carbonyl (C=O) groups excluding carboxylic acids is 3. The molecule has 1 saturated carbocycles. The van der Waals surface area contributed by atoms with E-state index in [4.69, 9.17) is 0 Å². The van der Waals surface area contributed by atoms with E-state index in [9.17, 15) is 14.4 Å². The molecule has 4 amide bonds. The Balaban J connectivity index is 1.97. The van der Waals surface area contributed by atoms with Gasteiger partial charge in [-0.1, -0.05) is 13.8 Å². The first kappa shape index (κ1) is 14.2. The highest BCUT2D eigenvalue weighted by molar-refractivity contribution is 7.14. The third-order valence-electron chi connectivity index (χ3n) is 4.37. The molecular weight excluding hydrogens is 290 g/mol. The number of urea groups is 1. The molecule has 0 atom stereocenters. The maximum Gasteiger partial charge on any atom is 0.337 e. The zero-order chi connectivity index (χ0) is 15.2. The Morgan fingerprint density at radius 2 is 2.00 bits per heavy atom. The van der Waals surface area contributed by atoms with Gasteiger partial charge in [0.15, 0.2) is 0 Å². The molecule has 3 rings (SSSR count). The molecule has 1 aromatic heterocycles. The van der Waals surface area contributed by atoms with E-state index in [2.05, 4.69) is 10.3 Å². The van der Waals surface area contributed by atoms with Gasteiger partial charge in [0.1, 0.15) is 5.41 Å². The third-order valence-corrected chi connectivity index (χ3v) is 5.22. The fourth-order valence-corrected chi connectivity index (χ4v) is 3.57. The minimum absolute atomic E-state index is 0.359. The van der Waals surface area contributed by atoms with Crippen LogP contribution in [-0.4, -0.2) is 22.8 Å². The molecule has 6 nitrogen and oxygen atoms in total. The van der Waals surface area contributed by atoms with Crippen molar-refractivity contribution in [3.63, 3.8) is 0 Å². The number of rotatable bonds is 4. The summed E-state index contributed by atoms with van der Waals surface area (Å²) in [5, 5.41) is 4.55. The first-order valence-corrected chi connectivity index (χ1v) is 8.07. The number of hydrogen-bond acceptors (Lipinski definition) is 5. The molecule has 2 heterocycles. The van der Waals surface area contributed by atoms with E-state index in [0.717, 1.165) is 23.4 Å². The van der Waals surface area contributed by atoms with Crippen molar-refractivity contribution >= 4 is 34.3 Å². The molecule has 1 aliphatic heterocycles. The Kier molecular flexibility index (Phi) is 3.32. The van der Waals surface area contributed by atoms with E-state index in [1.165, 1.54) is 11.3 Å². The van der Waals surface area contributed by atoms with Crippen LogP contribution >= 0.6 is 11.3 Å². The fraction of sp³-hybridized carbons (Fsp3) is 0.571. The Morgan fingerprint density at radius 1 is 1.33 bits per heavy atom. The van der Waals surface area contributed by atoms with Gasteiger partial charge in [-0.3, -0.25) is 14.9 Å². The zero-order valence-electron chi connectivity index (χ0n) is 12.0. The molecule has 2 fully saturated rings. The van der Waals surface area contributed by atoms with E-state index in [-0.39, 0.29) is 0 Å². The molecule has 0 aromatic carbocycles. The van der Waals surface area contributed by atoms with Crippen molar-refractivity contribution in [3.8, 4) is 0 Å². The van der Waals surface area contributed by atoms with Gasteiger partial charge in [0, 0.05) is 11.3 Å². The van der Waals surface area contributed by atoms with Gasteiger partial charge in [-0.25, -0.2) is 14.7 Å². The van der Waals surface area contributed by atoms with E-state index >= 15 is 0 Å². The van der Waals surface area contributed by atoms with Crippen LogP contribution in [0.3, 0.4) is 0 Å². The molecular formula is C14H17N3O3S. The molecule has 2 aliphatic rings. The van der Waals surface area contributed by atoms with Crippen LogP contribution in [-0.2, 0) is 9.59 Å². The van der Waals surface area contributed by atoms with Crippen molar-refractivity contribution in [2.24, 2.45) is 5.41 Å². The van der Waals surface area contributed by atoms with Gasteiger partial charge in [-0.05, 0) is 25.7 Å². The molecule has 7 heteroatoms. The van der Waals surface area contributed by atoms with Crippen LogP contribution in [0.5, 0.6) is 0 Å². The van der Waals surface area contributed by atoms with Crippen LogP contribution in [0.2, 0.25) is 0 Å². The normalized spacial score (nSPS) is 21.6. The highest BCUT2D eigenvalue weighted by atomic mass is 32.1. The van der Waals surface area contributed by atoms with E-state index < -0.39 is 23.3 Å². The van der Waals surface area contributed by atoms with Gasteiger partial charge in [-0.2, -0.15) is 0 Å². The fourth-order valence-electron chi connectivity index (χ4n) is 2.67. The molecule has 0 radical (unpaired) electrons. The summed E-state index contributed by atoms with van der Waals surface area (Å²) in [5.74, 6) is -0.502. The van der Waals surface area contributed by atoms with Gasteiger partial charge in [0.05, 0.1) is 5.69 Å². The second-order valence-corrected chi connectivity index (χ2v) is 6.35. The minimum Gasteiger partial charge on any atom is -0.276 e. The minimum atomic E-state index is -1.17. The summed E-state index contributed by atoms with van der Waals surface area (Å²) in [6.45, 7) is 3.57. The van der Waals surface area contributed by atoms with Crippen molar-refractivity contribution < 1.29 is 14.4 Å². The number of thiazole rings is 1. The predicted molar refractivity (Wildman–Crippen MR) is 78.1 cm³/mol. The standard InChI is InChI=1S/C14H17N3O3S/c1-3-14(4-2)10(18)16-12(20)17(11(14)19)13-15-9(7-21-13)8-5-6-8/h7-8H,3-6H2,1-2H3,(H,16,18,20). The van der Waals surface area contributed by atoms with Gasteiger partial charge in [0.2, 0.25) is 11.0 Å². The van der Waals surface area contributed by atoms with E-state index in [1.807, 2.05) is 5.38 Å². The lowest BCUT2D eigenvalue weighted by molar-refractivity contribution is -0.143. The number of nitrogens with one attached hydrogen (secondary N) is 1. The lowest BCUT2D eigenvalue weighted by Gasteiger charge is -2.36. The van der Waals surface area contributed by atoms with Crippen molar-refractivity contribution in [3.05, 3.63) is 11.1 Å². The molecule has 112 valence electrons. The van der Waals surface area contributed by atoms with Crippen LogP contribution in [0, 0.1) is 5.41 Å². The summed E-state index contributed by atoms with van der Waals surface area (Å²) in [4.78, 5) is 42.3. The second kappa shape index (κ2) is 4.91. The summed E-state index contributed by atoms with van der Waals surface area (Å²) >= 11 is 1.28. The topological polar surface area (TPSA) is 79.4 Å². The number of barbiturate groups is 1. The zero-order valence-corrected chi connectivity index (χ0v) is 12.8. The van der Waals surface area contributed by atoms with Gasteiger partial charge in [-0.15, -0.1) is 11.3 Å². The third kappa shape index (κ3) is 2.07. The van der Waals surface area contributed by atoms with Crippen molar-refractivity contribution in [1.29, 1.82) is 0 Å². The van der Waals surface area contributed by atoms with Crippen molar-refractivity contribution in [1.82, 2.24) is 10.3 Å². The number of carbonyl (C=O) groups is 3. The Bertz CT molecular complexity index is 617. The molecule has 0 bridgehead atoms. The molecule has 0 spiro atoms. The highest BCUT2D eigenvalue weighted by Crippen LogP contribution is 2.42. The largest absolute Gasteiger partial charge is 0.337 e. The number of amides is 4. The smallest absolute Gasteiger partial charge is 0.276 e. The first-order chi connectivity index (χ1) is 10.0. The maximum atomic E-state index is 12.7. The summed E-state index contributed by atoms with van der Waals surface area (Å²) in [6, 6.07) is -0.695. The van der Waals surface area contributed by atoms with Crippen molar-refractivity contribution in [2.75, 3.05) is 4.90 Å². The molecule has 0 unspecified atom stereocenters. The number of anilines is 1. The summed E-state index contributed by atoms with van der Waals surface area (Å²) in [7, 11) is 0. The molecule has 1 saturated heterocycles. The number of aromatic nitrogens is 1. The highest BCUT2D eigenvalue weighted by Gasteiger charge is 2.52. The SMILES string of the molecule is CCC1(CC)C(=O)NC(=O)N(c2nc(C3CC3)cs2)C1=O. The number of hydrogen-bond donors (Lipinski definition) is 1. The molecule has 1 N–H and O–H groups in total. The Labute approximate surface area is 126 Å². The van der Waals surface area contributed by atoms with E-state index in [1.54, 1.807) is 13.8 Å². The van der Waals surface area contributed by atoms with Crippen LogP contribution < -0.4 is 10.2 Å². The van der Waals surface area contributed by atoms with Crippen LogP contribution in [0.4, 0.5) is 9.93 Å². The number of nitrogens with zero attached hydrogens (tertiary/aromatic N) is 2. The van der Waals surface area contributed by atoms with Crippen LogP contribution in [0.1, 0.15) is 51.1 Å². The second-order valence-electron chi connectivity index (χ2n) is 5.52. The molecule has 1 aromatic rings. The van der Waals surface area contributed by atoms with Gasteiger partial charge >= 0.3 is 6.03 Å². The summed E-state index contributed by atoms with van der Waals surface area (Å²) in [5.41, 5.74) is -0.231. The Hall–Kier alpha value is -1.76. The lowest BCUT2D eigenvalue weighted by Crippen LogP contribution is -2.63. The van der Waals surface area contributed by atoms with E-state index in [0.29, 0.717) is 23.9 Å². The average Bonchev–Trinajstić information content (AvgIpc) is 3.20. The number of imide groups is 2. The molecule has 21 heavy (non-hydrogen) atoms. The quantitative estimate of drug-likeness (QED) is 0.866. The summed E-state index contributed by atoms with van der Waals surface area (Å²) in [6.07, 6.45) is 2.93. The predicted octanol–water partition coefficient (Wildman–Crippen LogP) is 2.41. The van der Waals surface area contributed by atoms with Crippen molar-refractivity contribution in [2.45, 2.75) is 45.4 Å². The first-order valence-electron chi connectivity index (χ1n) is 7.19. The average molecular weight is 307 g/mol. The Morgan fingerprint density at radius 3 is 2.57 bits per heavy atom. The van der Waals surface area contributed by atoms with Gasteiger partial charge in [0.25, 0.3) is 5.91 Å². The van der Waals surface area contributed by atoms with Gasteiger partial charge < -0.3 is 0 Å². The van der Waals surface area contributed by atoms with Crippen LogP contribution in [0.15, 0.2) is 5.38 Å². The summed E-state index contributed by atoms with van der Waals surface area (Å²) < 4.78 is 0. The molecule has 1 aliphatic carbocycles. The monoisotopic (exact) mass is 307 g/mol. The lowest BCUT2D eigenvalue weighted by atomic mass is 9.79. The van der Waals surface area contributed by atoms with Crippen LogP contribution in [0.25, 0.3) is 0 Å². The maximum absolute atomic E-state index is 12.7.